The summed E-state index contributed by atoms with van der Waals surface area (Å²) in [5.41, 5.74) is 0.556. The molecule has 24 heavy (non-hydrogen) atoms. The summed E-state index contributed by atoms with van der Waals surface area (Å²) in [6.45, 7) is 0. The number of thioether (sulfide) groups is 2. The van der Waals surface area contributed by atoms with Crippen LogP contribution in [0.1, 0.15) is 16.2 Å². The Hall–Kier alpha value is -2.25. The van der Waals surface area contributed by atoms with E-state index in [1.54, 1.807) is 29.6 Å². The Morgan fingerprint density at radius 2 is 1.88 bits per heavy atom. The molecule has 0 spiro atoms. The fraction of sp³-hybridized carbons (Fsp3) is 0.118. The van der Waals surface area contributed by atoms with Crippen LogP contribution < -0.4 is 5.32 Å². The number of amides is 1. The average Bonchev–Trinajstić information content (AvgIpc) is 3.08. The van der Waals surface area contributed by atoms with Gasteiger partial charge in [0.15, 0.2) is 0 Å². The van der Waals surface area contributed by atoms with Crippen LogP contribution in [-0.2, 0) is 5.75 Å². The average molecular weight is 357 g/mol. The van der Waals surface area contributed by atoms with Crippen LogP contribution in [0.5, 0.6) is 0 Å². The Labute approximate surface area is 148 Å². The van der Waals surface area contributed by atoms with Crippen LogP contribution in [0, 0.1) is 0 Å². The predicted octanol–water partition coefficient (Wildman–Crippen LogP) is 4.34. The summed E-state index contributed by atoms with van der Waals surface area (Å²) in [5, 5.41) is 10.5. The lowest BCUT2D eigenvalue weighted by atomic mass is 10.2. The molecule has 0 bridgehead atoms. The SMILES string of the molecule is CSc1cccc(C(=O)Nc2nnc(CSc3ccccc3)o2)c1. The highest BCUT2D eigenvalue weighted by Crippen LogP contribution is 2.22. The molecule has 3 rings (SSSR count). The molecule has 1 N–H and O–H groups in total. The van der Waals surface area contributed by atoms with E-state index in [4.69, 9.17) is 4.42 Å². The summed E-state index contributed by atoms with van der Waals surface area (Å²) in [6, 6.07) is 17.4. The largest absolute Gasteiger partial charge is 0.407 e. The first-order valence-electron chi connectivity index (χ1n) is 7.20. The second-order valence-corrected chi connectivity index (χ2v) is 6.72. The van der Waals surface area contributed by atoms with E-state index in [9.17, 15) is 4.79 Å². The van der Waals surface area contributed by atoms with Gasteiger partial charge < -0.3 is 4.42 Å². The Morgan fingerprint density at radius 3 is 2.67 bits per heavy atom. The third-order valence-electron chi connectivity index (χ3n) is 3.12. The van der Waals surface area contributed by atoms with Gasteiger partial charge in [0.25, 0.3) is 5.91 Å². The zero-order valence-electron chi connectivity index (χ0n) is 12.9. The molecule has 0 radical (unpaired) electrons. The molecule has 0 atom stereocenters. The zero-order chi connectivity index (χ0) is 16.8. The Bertz CT molecular complexity index is 821. The number of carbonyl (C=O) groups is 1. The van der Waals surface area contributed by atoms with Crippen LogP contribution >= 0.6 is 23.5 Å². The summed E-state index contributed by atoms with van der Waals surface area (Å²) in [6.07, 6.45) is 1.96. The van der Waals surface area contributed by atoms with Crippen molar-refractivity contribution in [2.24, 2.45) is 0 Å². The van der Waals surface area contributed by atoms with Crippen molar-refractivity contribution in [1.82, 2.24) is 10.2 Å². The van der Waals surface area contributed by atoms with Crippen molar-refractivity contribution >= 4 is 35.4 Å². The van der Waals surface area contributed by atoms with E-state index in [1.807, 2.05) is 54.8 Å². The van der Waals surface area contributed by atoms with Crippen molar-refractivity contribution in [3.05, 3.63) is 66.1 Å². The minimum Gasteiger partial charge on any atom is -0.407 e. The Kier molecular flexibility index (Phi) is 5.55. The lowest BCUT2D eigenvalue weighted by Crippen LogP contribution is -2.12. The smallest absolute Gasteiger partial charge is 0.322 e. The first kappa shape index (κ1) is 16.6. The summed E-state index contributed by atoms with van der Waals surface area (Å²) in [7, 11) is 0. The van der Waals surface area contributed by atoms with Crippen molar-refractivity contribution < 1.29 is 9.21 Å². The van der Waals surface area contributed by atoms with Crippen LogP contribution in [0.2, 0.25) is 0 Å². The molecule has 2 aromatic carbocycles. The maximum absolute atomic E-state index is 12.2. The normalized spacial score (nSPS) is 10.5. The summed E-state index contributed by atoms with van der Waals surface area (Å²) in [4.78, 5) is 14.4. The lowest BCUT2D eigenvalue weighted by Gasteiger charge is -2.02. The first-order chi connectivity index (χ1) is 11.7. The van der Waals surface area contributed by atoms with Crippen molar-refractivity contribution in [2.45, 2.75) is 15.5 Å². The third kappa shape index (κ3) is 4.39. The number of hydrogen-bond donors (Lipinski definition) is 1. The van der Waals surface area contributed by atoms with Crippen molar-refractivity contribution in [3.63, 3.8) is 0 Å². The third-order valence-corrected chi connectivity index (χ3v) is 4.85. The molecule has 0 saturated carbocycles. The second kappa shape index (κ2) is 8.03. The van der Waals surface area contributed by atoms with E-state index in [0.717, 1.165) is 9.79 Å². The van der Waals surface area contributed by atoms with Crippen LogP contribution in [-0.4, -0.2) is 22.4 Å². The molecule has 5 nitrogen and oxygen atoms in total. The van der Waals surface area contributed by atoms with Gasteiger partial charge in [-0.3, -0.25) is 10.1 Å². The number of hydrogen-bond acceptors (Lipinski definition) is 6. The standard InChI is InChI=1S/C17H15N3O2S2/c1-23-14-9-5-6-12(10-14)16(21)18-17-20-19-15(22-17)11-24-13-7-3-2-4-8-13/h2-10H,11H2,1H3,(H,18,20,21). The van der Waals surface area contributed by atoms with Crippen LogP contribution in [0.3, 0.4) is 0 Å². The molecular weight excluding hydrogens is 342 g/mol. The summed E-state index contributed by atoms with van der Waals surface area (Å²) < 4.78 is 5.47. The summed E-state index contributed by atoms with van der Waals surface area (Å²) in [5.74, 6) is 0.753. The van der Waals surface area contributed by atoms with Gasteiger partial charge in [-0.05, 0) is 36.6 Å². The Balaban J connectivity index is 1.60. The van der Waals surface area contributed by atoms with Gasteiger partial charge in [0.1, 0.15) is 0 Å². The zero-order valence-corrected chi connectivity index (χ0v) is 14.6. The molecule has 3 aromatic rings. The maximum Gasteiger partial charge on any atom is 0.322 e. The topological polar surface area (TPSA) is 68.0 Å². The fourth-order valence-corrected chi connectivity index (χ4v) is 3.17. The second-order valence-electron chi connectivity index (χ2n) is 4.79. The van der Waals surface area contributed by atoms with Crippen LogP contribution in [0.25, 0.3) is 0 Å². The molecule has 0 saturated heterocycles. The molecular formula is C17H15N3O2S2. The van der Waals surface area contributed by atoms with Crippen molar-refractivity contribution in [3.8, 4) is 0 Å². The van der Waals surface area contributed by atoms with E-state index < -0.39 is 0 Å². The van der Waals surface area contributed by atoms with Crippen molar-refractivity contribution in [1.29, 1.82) is 0 Å². The van der Waals surface area contributed by atoms with E-state index in [1.165, 1.54) is 0 Å². The molecule has 122 valence electrons. The van der Waals surface area contributed by atoms with Gasteiger partial charge in [-0.15, -0.1) is 28.6 Å². The highest BCUT2D eigenvalue weighted by Gasteiger charge is 2.12. The van der Waals surface area contributed by atoms with E-state index in [0.29, 0.717) is 17.2 Å². The van der Waals surface area contributed by atoms with E-state index in [-0.39, 0.29) is 11.9 Å². The molecule has 0 aliphatic rings. The van der Waals surface area contributed by atoms with Crippen LogP contribution in [0.4, 0.5) is 6.01 Å². The molecule has 1 amide bonds. The fourth-order valence-electron chi connectivity index (χ4n) is 1.96. The van der Waals surface area contributed by atoms with Gasteiger partial charge in [-0.1, -0.05) is 29.4 Å². The lowest BCUT2D eigenvalue weighted by molar-refractivity contribution is 0.102. The maximum atomic E-state index is 12.2. The number of aromatic nitrogens is 2. The van der Waals surface area contributed by atoms with Gasteiger partial charge in [0, 0.05) is 15.4 Å². The monoisotopic (exact) mass is 357 g/mol. The number of rotatable bonds is 6. The minimum absolute atomic E-state index is 0.109. The van der Waals surface area contributed by atoms with Gasteiger partial charge in [-0.2, -0.15) is 0 Å². The highest BCUT2D eigenvalue weighted by molar-refractivity contribution is 7.98. The number of nitrogens with zero attached hydrogens (tertiary/aromatic N) is 2. The number of anilines is 1. The first-order valence-corrected chi connectivity index (χ1v) is 9.41. The van der Waals surface area contributed by atoms with Gasteiger partial charge in [0.2, 0.25) is 5.89 Å². The van der Waals surface area contributed by atoms with E-state index >= 15 is 0 Å². The molecule has 0 unspecified atom stereocenters. The van der Waals surface area contributed by atoms with Gasteiger partial charge in [0.05, 0.1) is 5.75 Å². The summed E-state index contributed by atoms with van der Waals surface area (Å²) >= 11 is 3.18. The number of nitrogens with one attached hydrogen (secondary N) is 1. The number of benzene rings is 2. The molecule has 0 aliphatic heterocycles. The highest BCUT2D eigenvalue weighted by atomic mass is 32.2. The Morgan fingerprint density at radius 1 is 1.08 bits per heavy atom. The molecule has 1 heterocycles. The predicted molar refractivity (Wildman–Crippen MR) is 96.5 cm³/mol. The van der Waals surface area contributed by atoms with Gasteiger partial charge in [-0.25, -0.2) is 0 Å². The van der Waals surface area contributed by atoms with Gasteiger partial charge >= 0.3 is 6.01 Å². The minimum atomic E-state index is -0.267. The molecule has 7 heteroatoms. The van der Waals surface area contributed by atoms with E-state index in [2.05, 4.69) is 15.5 Å². The van der Waals surface area contributed by atoms with Crippen LogP contribution in [0.15, 0.2) is 68.8 Å². The molecule has 0 fully saturated rings. The molecule has 0 aliphatic carbocycles. The van der Waals surface area contributed by atoms with Crippen molar-refractivity contribution in [2.75, 3.05) is 11.6 Å². The quantitative estimate of drug-likeness (QED) is 0.662. The molecule has 1 aromatic heterocycles. The number of carbonyl (C=O) groups excluding carboxylic acids is 1.